The Labute approximate surface area is 138 Å². The number of alkyl halides is 5. The van der Waals surface area contributed by atoms with Crippen molar-refractivity contribution in [1.29, 1.82) is 0 Å². The van der Waals surface area contributed by atoms with Crippen LogP contribution < -0.4 is 0 Å². The Kier molecular flexibility index (Phi) is 3.86. The number of rotatable bonds is 2. The van der Waals surface area contributed by atoms with E-state index in [0.29, 0.717) is 5.56 Å². The van der Waals surface area contributed by atoms with Crippen LogP contribution in [0.2, 0.25) is 0 Å². The number of fused-ring (bicyclic) bond motifs is 1. The van der Waals surface area contributed by atoms with E-state index in [1.54, 1.807) is 30.3 Å². The highest BCUT2D eigenvalue weighted by atomic mass is 79.9. The molecule has 0 spiro atoms. The van der Waals surface area contributed by atoms with Gasteiger partial charge in [-0.2, -0.15) is 13.2 Å². The molecule has 2 atom stereocenters. The van der Waals surface area contributed by atoms with Crippen molar-refractivity contribution >= 4 is 21.8 Å². The third kappa shape index (κ3) is 2.82. The van der Waals surface area contributed by atoms with Crippen molar-refractivity contribution in [2.24, 2.45) is 5.92 Å². The summed E-state index contributed by atoms with van der Waals surface area (Å²) in [5.41, 5.74) is -0.0679. The third-order valence-electron chi connectivity index (χ3n) is 4.02. The largest absolute Gasteiger partial charge is 0.416 e. The normalized spacial score (nSPS) is 27.6. The summed E-state index contributed by atoms with van der Waals surface area (Å²) in [6, 6.07) is 8.75. The number of carbonyl (C=O) groups is 1. The van der Waals surface area contributed by atoms with Crippen LogP contribution in [0.25, 0.3) is 0 Å². The molecule has 122 valence electrons. The summed E-state index contributed by atoms with van der Waals surface area (Å²) in [6.45, 7) is 0.0322. The fourth-order valence-electron chi connectivity index (χ4n) is 2.86. The zero-order valence-corrected chi connectivity index (χ0v) is 13.4. The van der Waals surface area contributed by atoms with E-state index in [4.69, 9.17) is 0 Å². The van der Waals surface area contributed by atoms with Gasteiger partial charge in [0.2, 0.25) is 0 Å². The molecule has 1 aliphatic heterocycles. The molecule has 2 unspecified atom stereocenters. The predicted octanol–water partition coefficient (Wildman–Crippen LogP) is 4.48. The lowest BCUT2D eigenvalue weighted by molar-refractivity contribution is -0.133. The van der Waals surface area contributed by atoms with Gasteiger partial charge in [-0.25, -0.2) is 4.39 Å². The van der Waals surface area contributed by atoms with Gasteiger partial charge in [-0.3, -0.25) is 4.79 Å². The molecule has 1 aromatic carbocycles. The summed E-state index contributed by atoms with van der Waals surface area (Å²) in [5.74, 6) is -1.82. The van der Waals surface area contributed by atoms with Crippen molar-refractivity contribution in [2.45, 2.75) is 23.7 Å². The van der Waals surface area contributed by atoms with Gasteiger partial charge in [0.1, 0.15) is 0 Å². The molecule has 7 heteroatoms. The SMILES string of the molecule is O=C1N(Cc2ccccc2)C2=CC(C(F)(F)F)=CCC2C1(F)Br. The zero-order valence-electron chi connectivity index (χ0n) is 11.8. The molecule has 1 saturated heterocycles. The van der Waals surface area contributed by atoms with E-state index in [0.717, 1.165) is 17.1 Å². The molecule has 0 aromatic heterocycles. The highest BCUT2D eigenvalue weighted by molar-refractivity contribution is 9.10. The van der Waals surface area contributed by atoms with Crippen LogP contribution in [0.1, 0.15) is 12.0 Å². The number of benzene rings is 1. The molecule has 0 saturated carbocycles. The molecule has 0 radical (unpaired) electrons. The van der Waals surface area contributed by atoms with Crippen molar-refractivity contribution in [3.8, 4) is 0 Å². The molecular weight excluding hydrogens is 378 g/mol. The van der Waals surface area contributed by atoms with Gasteiger partial charge in [-0.05, 0) is 34.0 Å². The van der Waals surface area contributed by atoms with Gasteiger partial charge < -0.3 is 4.90 Å². The Morgan fingerprint density at radius 1 is 1.26 bits per heavy atom. The van der Waals surface area contributed by atoms with Gasteiger partial charge in [0.25, 0.3) is 10.5 Å². The molecular formula is C16H12BrF4NO. The lowest BCUT2D eigenvalue weighted by atomic mass is 9.91. The van der Waals surface area contributed by atoms with Crippen LogP contribution in [-0.4, -0.2) is 21.6 Å². The van der Waals surface area contributed by atoms with Crippen molar-refractivity contribution in [1.82, 2.24) is 4.90 Å². The average molecular weight is 390 g/mol. The van der Waals surface area contributed by atoms with E-state index in [2.05, 4.69) is 15.9 Å². The Hall–Kier alpha value is -1.63. The lowest BCUT2D eigenvalue weighted by Gasteiger charge is -2.24. The Balaban J connectivity index is 1.99. The summed E-state index contributed by atoms with van der Waals surface area (Å²) < 4.78 is 51.1. The van der Waals surface area contributed by atoms with E-state index in [9.17, 15) is 22.4 Å². The summed E-state index contributed by atoms with van der Waals surface area (Å²) in [6.07, 6.45) is -2.90. The molecule has 0 N–H and O–H groups in total. The van der Waals surface area contributed by atoms with E-state index in [1.807, 2.05) is 0 Å². The quantitative estimate of drug-likeness (QED) is 0.539. The van der Waals surface area contributed by atoms with Crippen LogP contribution in [-0.2, 0) is 11.3 Å². The molecule has 1 heterocycles. The Morgan fingerprint density at radius 2 is 1.91 bits per heavy atom. The third-order valence-corrected chi connectivity index (χ3v) is 4.92. The molecule has 23 heavy (non-hydrogen) atoms. The van der Waals surface area contributed by atoms with Gasteiger partial charge in [-0.15, -0.1) is 0 Å². The first-order valence-corrected chi connectivity index (χ1v) is 7.73. The van der Waals surface area contributed by atoms with Crippen molar-refractivity contribution in [3.63, 3.8) is 0 Å². The Morgan fingerprint density at radius 3 is 2.52 bits per heavy atom. The number of likely N-dealkylation sites (tertiary alicyclic amines) is 1. The first-order valence-electron chi connectivity index (χ1n) is 6.94. The van der Waals surface area contributed by atoms with Crippen LogP contribution in [0.15, 0.2) is 53.8 Å². The second-order valence-corrected chi connectivity index (χ2v) is 6.67. The molecule has 1 aliphatic carbocycles. The fraction of sp³-hybridized carbons (Fsp3) is 0.312. The maximum atomic E-state index is 14.7. The number of hydrogen-bond donors (Lipinski definition) is 0. The molecule has 2 nitrogen and oxygen atoms in total. The monoisotopic (exact) mass is 389 g/mol. The molecule has 3 rings (SSSR count). The minimum absolute atomic E-state index is 0.0322. The first kappa shape index (κ1) is 16.2. The van der Waals surface area contributed by atoms with Crippen molar-refractivity contribution < 1.29 is 22.4 Å². The van der Waals surface area contributed by atoms with Gasteiger partial charge in [0, 0.05) is 5.70 Å². The van der Waals surface area contributed by atoms with Gasteiger partial charge >= 0.3 is 6.18 Å². The van der Waals surface area contributed by atoms with E-state index >= 15 is 0 Å². The van der Waals surface area contributed by atoms with Crippen LogP contribution >= 0.6 is 15.9 Å². The highest BCUT2D eigenvalue weighted by Crippen LogP contribution is 2.50. The van der Waals surface area contributed by atoms with Crippen LogP contribution in [0.5, 0.6) is 0 Å². The summed E-state index contributed by atoms with van der Waals surface area (Å²) >= 11 is 2.76. The topological polar surface area (TPSA) is 20.3 Å². The summed E-state index contributed by atoms with van der Waals surface area (Å²) in [5, 5.41) is 0. The van der Waals surface area contributed by atoms with Gasteiger partial charge in [0.05, 0.1) is 18.0 Å². The summed E-state index contributed by atoms with van der Waals surface area (Å²) in [4.78, 5) is 13.4. The van der Waals surface area contributed by atoms with Gasteiger partial charge in [-0.1, -0.05) is 36.4 Å². The number of halogens is 5. The minimum Gasteiger partial charge on any atom is -0.308 e. The predicted molar refractivity (Wildman–Crippen MR) is 80.1 cm³/mol. The number of carbonyl (C=O) groups excluding carboxylic acids is 1. The highest BCUT2D eigenvalue weighted by Gasteiger charge is 2.57. The fourth-order valence-corrected chi connectivity index (χ4v) is 3.49. The molecule has 1 aromatic rings. The van der Waals surface area contributed by atoms with Crippen molar-refractivity contribution in [3.05, 3.63) is 59.3 Å². The van der Waals surface area contributed by atoms with Crippen LogP contribution in [0.3, 0.4) is 0 Å². The average Bonchev–Trinajstić information content (AvgIpc) is 2.68. The van der Waals surface area contributed by atoms with Crippen LogP contribution in [0.4, 0.5) is 17.6 Å². The van der Waals surface area contributed by atoms with Crippen molar-refractivity contribution in [2.75, 3.05) is 0 Å². The van der Waals surface area contributed by atoms with E-state index < -0.39 is 28.2 Å². The van der Waals surface area contributed by atoms with E-state index in [1.165, 1.54) is 0 Å². The minimum atomic E-state index is -4.52. The summed E-state index contributed by atoms with van der Waals surface area (Å²) in [7, 11) is 0. The molecule has 2 aliphatic rings. The smallest absolute Gasteiger partial charge is 0.308 e. The van der Waals surface area contributed by atoms with Crippen LogP contribution in [0, 0.1) is 5.92 Å². The second kappa shape index (κ2) is 5.47. The number of amides is 1. The second-order valence-electron chi connectivity index (χ2n) is 5.51. The molecule has 1 amide bonds. The molecule has 1 fully saturated rings. The number of nitrogens with zero attached hydrogens (tertiary/aromatic N) is 1. The maximum Gasteiger partial charge on any atom is 0.416 e. The number of hydrogen-bond acceptors (Lipinski definition) is 1. The maximum absolute atomic E-state index is 14.7. The Bertz CT molecular complexity index is 694. The van der Waals surface area contributed by atoms with Gasteiger partial charge in [0.15, 0.2) is 0 Å². The lowest BCUT2D eigenvalue weighted by Crippen LogP contribution is -2.33. The molecule has 0 bridgehead atoms. The zero-order chi connectivity index (χ0) is 16.8. The van der Waals surface area contributed by atoms with E-state index in [-0.39, 0.29) is 18.7 Å². The standard InChI is InChI=1S/C16H12BrF4NO/c17-15(18)12-7-6-11(16(19,20)21)8-13(12)22(14(15)23)9-10-4-2-1-3-5-10/h1-6,8,12H,7,9H2. The first-order chi connectivity index (χ1) is 10.7. The number of allylic oxidation sites excluding steroid dienone is 4.